The highest BCUT2D eigenvalue weighted by Crippen LogP contribution is 2.32. The first-order valence-corrected chi connectivity index (χ1v) is 10.9. The summed E-state index contributed by atoms with van der Waals surface area (Å²) >= 11 is 0. The predicted molar refractivity (Wildman–Crippen MR) is 128 cm³/mol. The SMILES string of the molecule is CCn1c(-c2ccccc2)nc(-c2ccc(OC)c(F)c2)c1C(=O)N[C@@H](C)c1ccccc1. The Balaban J connectivity index is 1.83. The molecule has 0 fully saturated rings. The van der Waals surface area contributed by atoms with Gasteiger partial charge in [-0.2, -0.15) is 0 Å². The van der Waals surface area contributed by atoms with Crippen molar-refractivity contribution in [3.05, 3.63) is 95.9 Å². The Bertz CT molecular complexity index is 1250. The average Bonchev–Trinajstić information content (AvgIpc) is 3.25. The highest BCUT2D eigenvalue weighted by atomic mass is 19.1. The van der Waals surface area contributed by atoms with Crippen LogP contribution < -0.4 is 10.1 Å². The molecule has 168 valence electrons. The lowest BCUT2D eigenvalue weighted by atomic mass is 10.1. The van der Waals surface area contributed by atoms with E-state index in [1.54, 1.807) is 12.1 Å². The summed E-state index contributed by atoms with van der Waals surface area (Å²) in [5.74, 6) is 0.0166. The van der Waals surface area contributed by atoms with E-state index in [-0.39, 0.29) is 17.7 Å². The molecule has 4 rings (SSSR count). The third-order valence-electron chi connectivity index (χ3n) is 5.60. The number of rotatable bonds is 7. The maximum atomic E-state index is 14.6. The lowest BCUT2D eigenvalue weighted by Gasteiger charge is -2.16. The molecule has 0 aliphatic heterocycles. The molecule has 0 saturated heterocycles. The summed E-state index contributed by atoms with van der Waals surface area (Å²) in [7, 11) is 1.42. The molecule has 1 amide bonds. The summed E-state index contributed by atoms with van der Waals surface area (Å²) < 4.78 is 21.5. The monoisotopic (exact) mass is 443 g/mol. The number of methoxy groups -OCH3 is 1. The van der Waals surface area contributed by atoms with E-state index < -0.39 is 5.82 Å². The van der Waals surface area contributed by atoms with E-state index in [1.165, 1.54) is 13.2 Å². The first-order chi connectivity index (χ1) is 16.0. The number of carbonyl (C=O) groups excluding carboxylic acids is 1. The van der Waals surface area contributed by atoms with Crippen LogP contribution in [0.4, 0.5) is 4.39 Å². The van der Waals surface area contributed by atoms with Crippen molar-refractivity contribution in [3.8, 4) is 28.4 Å². The molecule has 0 spiro atoms. The summed E-state index contributed by atoms with van der Waals surface area (Å²) in [5.41, 5.74) is 3.20. The zero-order valence-corrected chi connectivity index (χ0v) is 18.9. The minimum atomic E-state index is -0.508. The maximum Gasteiger partial charge on any atom is 0.270 e. The molecule has 0 aliphatic carbocycles. The number of aromatic nitrogens is 2. The average molecular weight is 444 g/mol. The molecule has 33 heavy (non-hydrogen) atoms. The van der Waals surface area contributed by atoms with Gasteiger partial charge in [-0.15, -0.1) is 0 Å². The molecule has 6 heteroatoms. The van der Waals surface area contributed by atoms with Crippen LogP contribution in [0, 0.1) is 5.82 Å². The molecule has 1 N–H and O–H groups in total. The van der Waals surface area contributed by atoms with E-state index in [0.29, 0.717) is 29.3 Å². The Morgan fingerprint density at radius 3 is 2.30 bits per heavy atom. The first kappa shape index (κ1) is 22.3. The van der Waals surface area contributed by atoms with Gasteiger partial charge in [-0.05, 0) is 37.6 Å². The molecule has 0 aliphatic rings. The highest BCUT2D eigenvalue weighted by molar-refractivity contribution is 5.99. The summed E-state index contributed by atoms with van der Waals surface area (Å²) in [6, 6.07) is 23.8. The fourth-order valence-electron chi connectivity index (χ4n) is 3.90. The lowest BCUT2D eigenvalue weighted by Crippen LogP contribution is -2.29. The largest absolute Gasteiger partial charge is 0.494 e. The van der Waals surface area contributed by atoms with Crippen LogP contribution in [-0.4, -0.2) is 22.6 Å². The fraction of sp³-hybridized carbons (Fsp3) is 0.185. The molecule has 0 bridgehead atoms. The second kappa shape index (κ2) is 9.69. The minimum absolute atomic E-state index is 0.139. The van der Waals surface area contributed by atoms with Crippen LogP contribution in [0.2, 0.25) is 0 Å². The van der Waals surface area contributed by atoms with Crippen molar-refractivity contribution in [1.29, 1.82) is 0 Å². The second-order valence-corrected chi connectivity index (χ2v) is 7.70. The zero-order valence-electron chi connectivity index (χ0n) is 18.9. The van der Waals surface area contributed by atoms with Gasteiger partial charge in [0.05, 0.1) is 13.2 Å². The van der Waals surface area contributed by atoms with Crippen molar-refractivity contribution >= 4 is 5.91 Å². The molecule has 1 atom stereocenters. The van der Waals surface area contributed by atoms with Crippen molar-refractivity contribution in [2.45, 2.75) is 26.4 Å². The van der Waals surface area contributed by atoms with Crippen LogP contribution >= 0.6 is 0 Å². The number of amides is 1. The number of halogens is 1. The van der Waals surface area contributed by atoms with Gasteiger partial charge in [0, 0.05) is 17.7 Å². The van der Waals surface area contributed by atoms with Gasteiger partial charge in [0.25, 0.3) is 5.91 Å². The summed E-state index contributed by atoms with van der Waals surface area (Å²) in [6.45, 7) is 4.42. The smallest absolute Gasteiger partial charge is 0.270 e. The van der Waals surface area contributed by atoms with E-state index >= 15 is 0 Å². The van der Waals surface area contributed by atoms with Crippen molar-refractivity contribution in [1.82, 2.24) is 14.9 Å². The Labute approximate surface area is 192 Å². The van der Waals surface area contributed by atoms with E-state index in [2.05, 4.69) is 5.32 Å². The quantitative estimate of drug-likeness (QED) is 0.388. The highest BCUT2D eigenvalue weighted by Gasteiger charge is 2.26. The molecule has 1 aromatic heterocycles. The van der Waals surface area contributed by atoms with E-state index in [1.807, 2.05) is 79.1 Å². The number of benzene rings is 3. The van der Waals surface area contributed by atoms with E-state index in [0.717, 1.165) is 11.1 Å². The molecule has 3 aromatic carbocycles. The van der Waals surface area contributed by atoms with Crippen LogP contribution in [0.1, 0.15) is 35.9 Å². The Hall–Kier alpha value is -3.93. The molecule has 0 saturated carbocycles. The van der Waals surface area contributed by atoms with Gasteiger partial charge in [-0.25, -0.2) is 9.37 Å². The lowest BCUT2D eigenvalue weighted by molar-refractivity contribution is 0.0931. The zero-order chi connectivity index (χ0) is 23.4. The van der Waals surface area contributed by atoms with Gasteiger partial charge in [0.15, 0.2) is 11.6 Å². The standard InChI is InChI=1S/C27H26FN3O2/c1-4-31-25(27(32)29-18(2)19-11-7-5-8-12-19)24(21-15-16-23(33-3)22(28)17-21)30-26(31)20-13-9-6-10-14-20/h5-18H,4H2,1-3H3,(H,29,32)/t18-/m0/s1. The van der Waals surface area contributed by atoms with Crippen molar-refractivity contribution in [2.24, 2.45) is 0 Å². The molecule has 4 aromatic rings. The van der Waals surface area contributed by atoms with Gasteiger partial charge >= 0.3 is 0 Å². The third-order valence-corrected chi connectivity index (χ3v) is 5.60. The van der Waals surface area contributed by atoms with Crippen LogP contribution in [0.3, 0.4) is 0 Å². The van der Waals surface area contributed by atoms with Crippen LogP contribution in [0.5, 0.6) is 5.75 Å². The number of hydrogen-bond acceptors (Lipinski definition) is 3. The van der Waals surface area contributed by atoms with Crippen molar-refractivity contribution in [3.63, 3.8) is 0 Å². The van der Waals surface area contributed by atoms with Gasteiger partial charge in [-0.3, -0.25) is 4.79 Å². The topological polar surface area (TPSA) is 56.2 Å². The molecule has 0 unspecified atom stereocenters. The van der Waals surface area contributed by atoms with Gasteiger partial charge in [0.1, 0.15) is 17.2 Å². The van der Waals surface area contributed by atoms with Crippen molar-refractivity contribution < 1.29 is 13.9 Å². The molecular weight excluding hydrogens is 417 g/mol. The molecular formula is C27H26FN3O2. The Morgan fingerprint density at radius 1 is 1.03 bits per heavy atom. The van der Waals surface area contributed by atoms with Crippen LogP contribution in [0.15, 0.2) is 78.9 Å². The Kier molecular flexibility index (Phi) is 6.54. The van der Waals surface area contributed by atoms with Gasteiger partial charge in [-0.1, -0.05) is 60.7 Å². The summed E-state index contributed by atoms with van der Waals surface area (Å²) in [6.07, 6.45) is 0. The number of nitrogens with one attached hydrogen (secondary N) is 1. The molecule has 0 radical (unpaired) electrons. The summed E-state index contributed by atoms with van der Waals surface area (Å²) in [5, 5.41) is 3.08. The number of nitrogens with zero attached hydrogens (tertiary/aromatic N) is 2. The maximum absolute atomic E-state index is 14.6. The Morgan fingerprint density at radius 2 is 1.70 bits per heavy atom. The van der Waals surface area contributed by atoms with Crippen LogP contribution in [0.25, 0.3) is 22.6 Å². The van der Waals surface area contributed by atoms with Crippen molar-refractivity contribution in [2.75, 3.05) is 7.11 Å². The summed E-state index contributed by atoms with van der Waals surface area (Å²) in [4.78, 5) is 18.4. The number of hydrogen-bond donors (Lipinski definition) is 1. The normalized spacial score (nSPS) is 11.8. The van der Waals surface area contributed by atoms with E-state index in [4.69, 9.17) is 9.72 Å². The molecule has 5 nitrogen and oxygen atoms in total. The number of carbonyl (C=O) groups is 1. The molecule has 1 heterocycles. The number of ether oxygens (including phenoxy) is 1. The second-order valence-electron chi connectivity index (χ2n) is 7.70. The van der Waals surface area contributed by atoms with Crippen LogP contribution in [-0.2, 0) is 6.54 Å². The predicted octanol–water partition coefficient (Wildman–Crippen LogP) is 5.88. The van der Waals surface area contributed by atoms with E-state index in [9.17, 15) is 9.18 Å². The fourth-order valence-corrected chi connectivity index (χ4v) is 3.90. The number of imidazole rings is 1. The van der Waals surface area contributed by atoms with Gasteiger partial charge in [0.2, 0.25) is 0 Å². The third kappa shape index (κ3) is 4.51. The van der Waals surface area contributed by atoms with Gasteiger partial charge < -0.3 is 14.6 Å². The minimum Gasteiger partial charge on any atom is -0.494 e. The first-order valence-electron chi connectivity index (χ1n) is 10.9.